The Bertz CT molecular complexity index is 1110. The average Bonchev–Trinajstić information content (AvgIpc) is 3.13. The number of halogens is 1. The summed E-state index contributed by atoms with van der Waals surface area (Å²) in [6.45, 7) is 4.86. The predicted molar refractivity (Wildman–Crippen MR) is 136 cm³/mol. The van der Waals surface area contributed by atoms with Crippen molar-refractivity contribution < 1.29 is 18.0 Å². The Kier molecular flexibility index (Phi) is 8.80. The number of carbonyl (C=O) groups excluding carboxylic acids is 1. The van der Waals surface area contributed by atoms with Crippen LogP contribution in [0.4, 0.5) is 0 Å². The second-order valence-corrected chi connectivity index (χ2v) is 9.82. The molecule has 1 aromatic carbocycles. The Labute approximate surface area is 204 Å². The smallest absolute Gasteiger partial charge is 0.255 e. The number of pyridine rings is 1. The summed E-state index contributed by atoms with van der Waals surface area (Å²) in [6.07, 6.45) is 4.07. The highest BCUT2D eigenvalue weighted by Crippen LogP contribution is 2.34. The standard InChI is InChI=1S/C23H28IN3O4S/c1-4-5-6-7-12-27(32(29)30)14-19-18(24)13-17-20(22(28)25-3)21(31-23(17)26-19)16-10-8-15(2)9-11-16/h8-11,13H,4-7,12,14H2,1-3H3,(H,25,28)(H,29,30). The van der Waals surface area contributed by atoms with Gasteiger partial charge in [0.15, 0.2) is 0 Å². The van der Waals surface area contributed by atoms with Gasteiger partial charge in [0.1, 0.15) is 5.76 Å². The fraction of sp³-hybridized carbons (Fsp3) is 0.391. The number of amides is 1. The topological polar surface area (TPSA) is 95.7 Å². The molecule has 172 valence electrons. The second-order valence-electron chi connectivity index (χ2n) is 7.68. The van der Waals surface area contributed by atoms with Crippen molar-refractivity contribution in [2.45, 2.75) is 46.1 Å². The van der Waals surface area contributed by atoms with Crippen LogP contribution in [0.5, 0.6) is 0 Å². The minimum Gasteiger partial charge on any atom is -0.437 e. The van der Waals surface area contributed by atoms with Crippen LogP contribution in [0.25, 0.3) is 22.4 Å². The fourth-order valence-electron chi connectivity index (χ4n) is 3.50. The third kappa shape index (κ3) is 5.75. The molecule has 9 heteroatoms. The number of carbonyl (C=O) groups is 1. The van der Waals surface area contributed by atoms with Crippen molar-refractivity contribution in [1.29, 1.82) is 0 Å². The molecule has 1 unspecified atom stereocenters. The zero-order chi connectivity index (χ0) is 23.3. The van der Waals surface area contributed by atoms with Crippen LogP contribution in [-0.4, -0.2) is 37.6 Å². The molecule has 2 N–H and O–H groups in total. The molecule has 0 bridgehead atoms. The lowest BCUT2D eigenvalue weighted by atomic mass is 10.0. The van der Waals surface area contributed by atoms with E-state index in [2.05, 4.69) is 39.8 Å². The average molecular weight is 569 g/mol. The highest BCUT2D eigenvalue weighted by Gasteiger charge is 2.24. The summed E-state index contributed by atoms with van der Waals surface area (Å²) in [7, 11) is 1.58. The van der Waals surface area contributed by atoms with Gasteiger partial charge in [0.2, 0.25) is 17.0 Å². The summed E-state index contributed by atoms with van der Waals surface area (Å²) in [5, 5.41) is 3.30. The maximum Gasteiger partial charge on any atom is 0.255 e. The predicted octanol–water partition coefficient (Wildman–Crippen LogP) is 5.29. The van der Waals surface area contributed by atoms with E-state index in [1.165, 1.54) is 4.31 Å². The number of aromatic nitrogens is 1. The zero-order valence-electron chi connectivity index (χ0n) is 18.5. The molecule has 3 rings (SSSR count). The van der Waals surface area contributed by atoms with Crippen LogP contribution in [0.2, 0.25) is 0 Å². The van der Waals surface area contributed by atoms with E-state index in [1.807, 2.05) is 37.3 Å². The summed E-state index contributed by atoms with van der Waals surface area (Å²) >= 11 is 0.0577. The van der Waals surface area contributed by atoms with Gasteiger partial charge in [-0.15, -0.1) is 0 Å². The van der Waals surface area contributed by atoms with E-state index in [1.54, 1.807) is 7.05 Å². The number of benzene rings is 1. The van der Waals surface area contributed by atoms with Crippen LogP contribution in [0.3, 0.4) is 0 Å². The zero-order valence-corrected chi connectivity index (χ0v) is 21.5. The number of hydrogen-bond donors (Lipinski definition) is 2. The van der Waals surface area contributed by atoms with E-state index in [0.29, 0.717) is 34.7 Å². The number of fused-ring (bicyclic) bond motifs is 1. The molecule has 0 aliphatic carbocycles. The number of rotatable bonds is 10. The minimum atomic E-state index is -2.10. The molecule has 3 aromatic rings. The quantitative estimate of drug-likeness (QED) is 0.197. The largest absolute Gasteiger partial charge is 0.437 e. The van der Waals surface area contributed by atoms with Gasteiger partial charge in [-0.1, -0.05) is 56.0 Å². The summed E-state index contributed by atoms with van der Waals surface area (Å²) in [5.74, 6) is 0.209. The molecule has 2 heterocycles. The van der Waals surface area contributed by atoms with Gasteiger partial charge < -0.3 is 9.73 Å². The summed E-state index contributed by atoms with van der Waals surface area (Å²) in [6, 6.07) is 9.62. The van der Waals surface area contributed by atoms with E-state index >= 15 is 0 Å². The van der Waals surface area contributed by atoms with Crippen LogP contribution >= 0.6 is 22.6 Å². The molecule has 7 nitrogen and oxygen atoms in total. The molecule has 1 amide bonds. The van der Waals surface area contributed by atoms with Crippen molar-refractivity contribution >= 4 is 50.9 Å². The normalized spacial score (nSPS) is 12.4. The number of nitrogens with one attached hydrogen (secondary N) is 1. The minimum absolute atomic E-state index is 0.222. The van der Waals surface area contributed by atoms with Crippen LogP contribution in [0, 0.1) is 10.5 Å². The summed E-state index contributed by atoms with van der Waals surface area (Å²) < 4.78 is 30.0. The number of hydrogen-bond acceptors (Lipinski definition) is 4. The first kappa shape index (κ1) is 24.8. The van der Waals surface area contributed by atoms with Crippen molar-refractivity contribution in [2.24, 2.45) is 0 Å². The number of furan rings is 1. The first-order valence-corrected chi connectivity index (χ1v) is 12.8. The highest BCUT2D eigenvalue weighted by atomic mass is 127. The van der Waals surface area contributed by atoms with Gasteiger partial charge in [-0.3, -0.25) is 9.35 Å². The van der Waals surface area contributed by atoms with Crippen LogP contribution in [0.1, 0.15) is 54.2 Å². The molecule has 0 fully saturated rings. The molecule has 0 spiro atoms. The van der Waals surface area contributed by atoms with Crippen LogP contribution in [-0.2, 0) is 17.8 Å². The van der Waals surface area contributed by atoms with Gasteiger partial charge in [0, 0.05) is 22.7 Å². The van der Waals surface area contributed by atoms with Crippen molar-refractivity contribution in [2.75, 3.05) is 13.6 Å². The van der Waals surface area contributed by atoms with Gasteiger partial charge in [-0.05, 0) is 42.0 Å². The van der Waals surface area contributed by atoms with Crippen molar-refractivity contribution in [1.82, 2.24) is 14.6 Å². The Morgan fingerprint density at radius 2 is 1.97 bits per heavy atom. The monoisotopic (exact) mass is 569 g/mol. The molecule has 1 atom stereocenters. The third-order valence-corrected chi connectivity index (χ3v) is 6.97. The first-order valence-electron chi connectivity index (χ1n) is 10.6. The maximum absolute atomic E-state index is 12.7. The van der Waals surface area contributed by atoms with Crippen LogP contribution in [0.15, 0.2) is 34.7 Å². The molecule has 0 aliphatic rings. The van der Waals surface area contributed by atoms with Crippen LogP contribution < -0.4 is 5.32 Å². The lowest BCUT2D eigenvalue weighted by Gasteiger charge is -2.17. The lowest BCUT2D eigenvalue weighted by molar-refractivity contribution is 0.0964. The lowest BCUT2D eigenvalue weighted by Crippen LogP contribution is -2.27. The van der Waals surface area contributed by atoms with E-state index in [9.17, 15) is 13.6 Å². The maximum atomic E-state index is 12.7. The van der Waals surface area contributed by atoms with Gasteiger partial charge in [0.25, 0.3) is 5.91 Å². The van der Waals surface area contributed by atoms with E-state index in [4.69, 9.17) is 4.42 Å². The molecule has 0 saturated carbocycles. The number of unbranched alkanes of at least 4 members (excludes halogenated alkanes) is 3. The Balaban J connectivity index is 2.00. The van der Waals surface area contributed by atoms with Gasteiger partial charge >= 0.3 is 0 Å². The number of nitrogens with zero attached hydrogens (tertiary/aromatic N) is 2. The van der Waals surface area contributed by atoms with Gasteiger partial charge in [-0.25, -0.2) is 9.19 Å². The van der Waals surface area contributed by atoms with Gasteiger partial charge in [0.05, 0.1) is 23.2 Å². The summed E-state index contributed by atoms with van der Waals surface area (Å²) in [4.78, 5) is 17.3. The first-order chi connectivity index (χ1) is 15.3. The SMILES string of the molecule is CCCCCCN(Cc1nc2oc(-c3ccc(C)cc3)c(C(=O)NC)c2cc1I)S(=O)O. The Hall–Kier alpha value is -1.82. The summed E-state index contributed by atoms with van der Waals surface area (Å²) in [5.41, 5.74) is 3.31. The molecule has 0 saturated heterocycles. The second kappa shape index (κ2) is 11.4. The van der Waals surface area contributed by atoms with Gasteiger partial charge in [-0.2, -0.15) is 4.31 Å². The molecule has 32 heavy (non-hydrogen) atoms. The molecular formula is C23H28IN3O4S. The molecule has 2 aromatic heterocycles. The van der Waals surface area contributed by atoms with E-state index in [0.717, 1.165) is 40.4 Å². The van der Waals surface area contributed by atoms with Crippen molar-refractivity contribution in [3.05, 3.63) is 50.7 Å². The van der Waals surface area contributed by atoms with Crippen molar-refractivity contribution in [3.63, 3.8) is 0 Å². The number of aryl methyl sites for hydroxylation is 1. The molecule has 0 radical (unpaired) electrons. The van der Waals surface area contributed by atoms with E-state index in [-0.39, 0.29) is 12.5 Å². The third-order valence-electron chi connectivity index (χ3n) is 5.28. The molecule has 0 aliphatic heterocycles. The van der Waals surface area contributed by atoms with Crippen molar-refractivity contribution in [3.8, 4) is 11.3 Å². The highest BCUT2D eigenvalue weighted by molar-refractivity contribution is 14.1. The Morgan fingerprint density at radius 3 is 2.59 bits per heavy atom. The van der Waals surface area contributed by atoms with E-state index < -0.39 is 11.3 Å². The Morgan fingerprint density at radius 1 is 1.25 bits per heavy atom. The fourth-order valence-corrected chi connectivity index (χ4v) is 4.62. The molecular weight excluding hydrogens is 541 g/mol.